The van der Waals surface area contributed by atoms with Crippen molar-refractivity contribution in [2.75, 3.05) is 7.05 Å². The van der Waals surface area contributed by atoms with Gasteiger partial charge >= 0.3 is 0 Å². The van der Waals surface area contributed by atoms with E-state index in [2.05, 4.69) is 10.6 Å². The van der Waals surface area contributed by atoms with Crippen molar-refractivity contribution in [1.82, 2.24) is 15.2 Å². The van der Waals surface area contributed by atoms with E-state index in [0.29, 0.717) is 23.9 Å². The van der Waals surface area contributed by atoms with Gasteiger partial charge in [-0.1, -0.05) is 25.0 Å². The summed E-state index contributed by atoms with van der Waals surface area (Å²) in [6, 6.07) is 8.27. The predicted molar refractivity (Wildman–Crippen MR) is 117 cm³/mol. The van der Waals surface area contributed by atoms with Gasteiger partial charge in [-0.25, -0.2) is 8.78 Å². The highest BCUT2D eigenvalue weighted by atomic mass is 19.1. The van der Waals surface area contributed by atoms with Gasteiger partial charge in [0.15, 0.2) is 0 Å². The first-order chi connectivity index (χ1) is 15.4. The van der Waals surface area contributed by atoms with Crippen LogP contribution in [-0.2, 0) is 6.54 Å². The molecular formula is C24H25F2N3O3. The molecule has 0 saturated heterocycles. The quantitative estimate of drug-likeness (QED) is 0.568. The molecule has 168 valence electrons. The number of rotatable bonds is 5. The lowest BCUT2D eigenvalue weighted by atomic mass is 9.92. The molecule has 3 aromatic rings. The minimum Gasteiger partial charge on any atom is -0.391 e. The summed E-state index contributed by atoms with van der Waals surface area (Å²) in [5.74, 6) is -1.99. The maximum absolute atomic E-state index is 14.7. The molecular weight excluding hydrogens is 416 g/mol. The van der Waals surface area contributed by atoms with E-state index in [-0.39, 0.29) is 29.1 Å². The van der Waals surface area contributed by atoms with Crippen LogP contribution < -0.4 is 10.6 Å². The van der Waals surface area contributed by atoms with Crippen LogP contribution in [0.4, 0.5) is 8.78 Å². The molecule has 2 atom stereocenters. The van der Waals surface area contributed by atoms with Crippen molar-refractivity contribution in [3.8, 4) is 0 Å². The van der Waals surface area contributed by atoms with Crippen molar-refractivity contribution in [3.63, 3.8) is 0 Å². The molecule has 1 saturated carbocycles. The molecule has 1 aromatic heterocycles. The van der Waals surface area contributed by atoms with Crippen molar-refractivity contribution in [2.24, 2.45) is 0 Å². The molecule has 4 rings (SSSR count). The zero-order chi connectivity index (χ0) is 22.8. The molecule has 1 fully saturated rings. The Morgan fingerprint density at radius 3 is 2.59 bits per heavy atom. The molecule has 1 aliphatic carbocycles. The Bertz CT molecular complexity index is 1170. The monoisotopic (exact) mass is 441 g/mol. The molecule has 0 spiro atoms. The number of aliphatic hydroxyl groups excluding tert-OH is 1. The Morgan fingerprint density at radius 2 is 1.88 bits per heavy atom. The Kier molecular flexibility index (Phi) is 6.23. The van der Waals surface area contributed by atoms with E-state index in [9.17, 15) is 23.5 Å². The third kappa shape index (κ3) is 4.23. The van der Waals surface area contributed by atoms with Crippen molar-refractivity contribution < 1.29 is 23.5 Å². The largest absolute Gasteiger partial charge is 0.391 e. The van der Waals surface area contributed by atoms with Crippen LogP contribution in [0.15, 0.2) is 42.6 Å². The van der Waals surface area contributed by atoms with Gasteiger partial charge in [0.2, 0.25) is 0 Å². The van der Waals surface area contributed by atoms with E-state index in [0.717, 1.165) is 18.9 Å². The van der Waals surface area contributed by atoms with Crippen LogP contribution in [0.5, 0.6) is 0 Å². The van der Waals surface area contributed by atoms with E-state index in [1.54, 1.807) is 10.6 Å². The zero-order valence-electron chi connectivity index (χ0n) is 17.7. The number of amides is 2. The van der Waals surface area contributed by atoms with E-state index < -0.39 is 29.6 Å². The fourth-order valence-corrected chi connectivity index (χ4v) is 4.28. The fourth-order valence-electron chi connectivity index (χ4n) is 4.28. The minimum atomic E-state index is -0.626. The van der Waals surface area contributed by atoms with Gasteiger partial charge < -0.3 is 20.3 Å². The number of nitrogens with one attached hydrogen (secondary N) is 2. The SMILES string of the molecule is CNC(=O)c1ccc(Cn2cc(C(=O)NC3CCCCC3O)c3c(F)cccc32)c(F)c1. The van der Waals surface area contributed by atoms with Crippen LogP contribution in [0.3, 0.4) is 0 Å². The summed E-state index contributed by atoms with van der Waals surface area (Å²) in [5.41, 5.74) is 1.09. The first-order valence-corrected chi connectivity index (χ1v) is 10.7. The molecule has 2 amide bonds. The normalized spacial score (nSPS) is 18.5. The summed E-state index contributed by atoms with van der Waals surface area (Å²) in [6.07, 6.45) is 3.97. The van der Waals surface area contributed by atoms with Gasteiger partial charge in [0, 0.05) is 29.8 Å². The summed E-state index contributed by atoms with van der Waals surface area (Å²) in [5, 5.41) is 15.6. The van der Waals surface area contributed by atoms with E-state index >= 15 is 0 Å². The summed E-state index contributed by atoms with van der Waals surface area (Å²) in [4.78, 5) is 24.7. The maximum atomic E-state index is 14.7. The van der Waals surface area contributed by atoms with Crippen LogP contribution in [0.2, 0.25) is 0 Å². The van der Waals surface area contributed by atoms with Crippen molar-refractivity contribution in [1.29, 1.82) is 0 Å². The molecule has 2 aromatic carbocycles. The highest BCUT2D eigenvalue weighted by Gasteiger charge is 2.27. The van der Waals surface area contributed by atoms with Crippen molar-refractivity contribution in [2.45, 2.75) is 44.4 Å². The second-order valence-electron chi connectivity index (χ2n) is 8.12. The van der Waals surface area contributed by atoms with Crippen LogP contribution in [-0.4, -0.2) is 40.7 Å². The van der Waals surface area contributed by atoms with Crippen LogP contribution in [0.1, 0.15) is 52.0 Å². The highest BCUT2D eigenvalue weighted by Crippen LogP contribution is 2.27. The van der Waals surface area contributed by atoms with Crippen molar-refractivity contribution in [3.05, 3.63) is 70.9 Å². The number of hydrogen-bond acceptors (Lipinski definition) is 3. The lowest BCUT2D eigenvalue weighted by Crippen LogP contribution is -2.45. The third-order valence-electron chi connectivity index (χ3n) is 6.03. The molecule has 1 heterocycles. The number of nitrogens with zero attached hydrogens (tertiary/aromatic N) is 1. The minimum absolute atomic E-state index is 0.0547. The zero-order valence-corrected chi connectivity index (χ0v) is 17.7. The maximum Gasteiger partial charge on any atom is 0.253 e. The Morgan fingerprint density at radius 1 is 1.09 bits per heavy atom. The first kappa shape index (κ1) is 22.0. The molecule has 32 heavy (non-hydrogen) atoms. The lowest BCUT2D eigenvalue weighted by Gasteiger charge is -2.28. The number of aromatic nitrogens is 1. The van der Waals surface area contributed by atoms with Gasteiger partial charge in [-0.15, -0.1) is 0 Å². The van der Waals surface area contributed by atoms with Crippen LogP contribution in [0, 0.1) is 11.6 Å². The average molecular weight is 441 g/mol. The number of benzene rings is 2. The van der Waals surface area contributed by atoms with Gasteiger partial charge in [-0.2, -0.15) is 0 Å². The molecule has 1 aliphatic rings. The van der Waals surface area contributed by atoms with Gasteiger partial charge in [-0.05, 0) is 37.1 Å². The molecule has 8 heteroatoms. The van der Waals surface area contributed by atoms with Crippen LogP contribution in [0.25, 0.3) is 10.9 Å². The van der Waals surface area contributed by atoms with Gasteiger partial charge in [0.1, 0.15) is 11.6 Å². The molecule has 6 nitrogen and oxygen atoms in total. The standard InChI is InChI=1S/C24H25F2N3O3/c1-27-23(31)14-9-10-15(18(26)11-14)12-29-13-16(22-17(25)5-4-7-20(22)29)24(32)28-19-6-2-3-8-21(19)30/h4-5,7,9-11,13,19,21,30H,2-3,6,8,12H2,1H3,(H,27,31)(H,28,32). The summed E-state index contributed by atoms with van der Waals surface area (Å²) in [7, 11) is 1.47. The Balaban J connectivity index is 1.67. The molecule has 0 aliphatic heterocycles. The van der Waals surface area contributed by atoms with E-state index in [1.807, 2.05) is 0 Å². The smallest absolute Gasteiger partial charge is 0.253 e. The topological polar surface area (TPSA) is 83.4 Å². The number of carbonyl (C=O) groups is 2. The molecule has 0 radical (unpaired) electrons. The number of fused-ring (bicyclic) bond motifs is 1. The number of hydrogen-bond donors (Lipinski definition) is 3. The first-order valence-electron chi connectivity index (χ1n) is 10.7. The third-order valence-corrected chi connectivity index (χ3v) is 6.03. The fraction of sp³-hybridized carbons (Fsp3) is 0.333. The van der Waals surface area contributed by atoms with Gasteiger partial charge in [0.05, 0.1) is 29.8 Å². The van der Waals surface area contributed by atoms with Crippen LogP contribution >= 0.6 is 0 Å². The van der Waals surface area contributed by atoms with E-state index in [1.165, 1.54) is 37.5 Å². The lowest BCUT2D eigenvalue weighted by molar-refractivity contribution is 0.0718. The Hall–Kier alpha value is -3.26. The van der Waals surface area contributed by atoms with E-state index in [4.69, 9.17) is 0 Å². The Labute approximate surface area is 184 Å². The molecule has 2 unspecified atom stereocenters. The number of carbonyl (C=O) groups excluding carboxylic acids is 2. The van der Waals surface area contributed by atoms with Gasteiger partial charge in [0.25, 0.3) is 11.8 Å². The summed E-state index contributed by atoms with van der Waals surface area (Å²) in [6.45, 7) is 0.0547. The van der Waals surface area contributed by atoms with Gasteiger partial charge in [-0.3, -0.25) is 9.59 Å². The van der Waals surface area contributed by atoms with Crippen molar-refractivity contribution >= 4 is 22.7 Å². The average Bonchev–Trinajstić information content (AvgIpc) is 3.16. The second-order valence-corrected chi connectivity index (χ2v) is 8.12. The summed E-state index contributed by atoms with van der Waals surface area (Å²) < 4.78 is 31.0. The number of halogens is 2. The molecule has 3 N–H and O–H groups in total. The second kappa shape index (κ2) is 9.08. The summed E-state index contributed by atoms with van der Waals surface area (Å²) >= 11 is 0. The number of aliphatic hydroxyl groups is 1. The highest BCUT2D eigenvalue weighted by molar-refractivity contribution is 6.07. The predicted octanol–water partition coefficient (Wildman–Crippen LogP) is 3.36. The molecule has 0 bridgehead atoms.